The van der Waals surface area contributed by atoms with Gasteiger partial charge in [0.1, 0.15) is 0 Å². The fourth-order valence-electron chi connectivity index (χ4n) is 1.37. The molecule has 1 aliphatic heterocycles. The van der Waals surface area contributed by atoms with Gasteiger partial charge in [-0.15, -0.1) is 0 Å². The first-order valence-electron chi connectivity index (χ1n) is 4.58. The predicted octanol–water partition coefficient (Wildman–Crippen LogP) is -1.96. The maximum Gasteiger partial charge on any atom is 1.00 e. The van der Waals surface area contributed by atoms with Gasteiger partial charge in [-0.05, 0) is 0 Å². The van der Waals surface area contributed by atoms with Crippen LogP contribution in [-0.2, 0) is 4.74 Å². The zero-order valence-corrected chi connectivity index (χ0v) is 11.0. The molecule has 0 aromatic heterocycles. The van der Waals surface area contributed by atoms with Crippen LogP contribution in [0, 0.1) is 0 Å². The Hall–Kier alpha value is -0.193. The van der Waals surface area contributed by atoms with Gasteiger partial charge in [-0.2, -0.15) is 0 Å². The maximum atomic E-state index is 5.57. The molecule has 4 heteroatoms. The van der Waals surface area contributed by atoms with Gasteiger partial charge in [-0.3, -0.25) is 0 Å². The fourth-order valence-corrected chi connectivity index (χ4v) is 1.86. The summed E-state index contributed by atoms with van der Waals surface area (Å²) in [4.78, 5) is 4.53. The zero-order chi connectivity index (χ0) is 10.2. The molecular formula is C11H12LiNOSe. The van der Waals surface area contributed by atoms with E-state index < -0.39 is 0 Å². The first kappa shape index (κ1) is 12.9. The smallest absolute Gasteiger partial charge is 1.00 e. The van der Waals surface area contributed by atoms with E-state index in [1.807, 2.05) is 24.3 Å². The molecule has 0 N–H and O–H groups in total. The van der Waals surface area contributed by atoms with Crippen molar-refractivity contribution in [1.82, 2.24) is 0 Å². The number of benzene rings is 1. The number of ether oxygens (including phenoxy) is 1. The summed E-state index contributed by atoms with van der Waals surface area (Å²) in [7, 11) is 0. The third-order valence-electron chi connectivity index (χ3n) is 2.08. The molecule has 0 saturated carbocycles. The summed E-state index contributed by atoms with van der Waals surface area (Å²) < 4.78 is 6.65. The van der Waals surface area contributed by atoms with Crippen LogP contribution in [-0.4, -0.2) is 34.1 Å². The Morgan fingerprint density at radius 2 is 2.00 bits per heavy atom. The van der Waals surface area contributed by atoms with E-state index in [0.717, 1.165) is 15.9 Å². The molecular weight excluding hydrogens is 248 g/mol. The number of hydrogen-bond donors (Lipinski definition) is 0. The first-order valence-corrected chi connectivity index (χ1v) is 5.43. The van der Waals surface area contributed by atoms with Crippen molar-refractivity contribution in [2.45, 2.75) is 19.4 Å². The molecule has 0 atom stereocenters. The van der Waals surface area contributed by atoms with Gasteiger partial charge in [0.05, 0.1) is 0 Å². The van der Waals surface area contributed by atoms with Crippen molar-refractivity contribution in [3.05, 3.63) is 29.8 Å². The molecule has 1 aromatic rings. The average molecular weight is 260 g/mol. The van der Waals surface area contributed by atoms with E-state index >= 15 is 0 Å². The van der Waals surface area contributed by atoms with Crippen LogP contribution in [0.4, 0.5) is 0 Å². The summed E-state index contributed by atoms with van der Waals surface area (Å²) in [5.41, 5.74) is 0.968. The average Bonchev–Trinajstić information content (AvgIpc) is 2.47. The van der Waals surface area contributed by atoms with Crippen LogP contribution in [0.1, 0.15) is 19.4 Å². The van der Waals surface area contributed by atoms with E-state index in [1.54, 1.807) is 0 Å². The minimum Gasteiger partial charge on any atom is 1.00 e. The molecule has 2 nitrogen and oxygen atoms in total. The van der Waals surface area contributed by atoms with Crippen molar-refractivity contribution in [3.8, 4) is 0 Å². The first-order chi connectivity index (χ1) is 6.58. The van der Waals surface area contributed by atoms with Gasteiger partial charge >= 0.3 is 111 Å². The largest absolute Gasteiger partial charge is 1.00 e. The number of nitrogens with zero attached hydrogens (tertiary/aromatic N) is 1. The Morgan fingerprint density at radius 1 is 1.33 bits per heavy atom. The molecule has 1 aromatic carbocycles. The van der Waals surface area contributed by atoms with Gasteiger partial charge in [0.25, 0.3) is 0 Å². The molecule has 0 amide bonds. The Balaban J connectivity index is 0.00000112. The van der Waals surface area contributed by atoms with E-state index in [4.69, 9.17) is 4.74 Å². The summed E-state index contributed by atoms with van der Waals surface area (Å²) in [6, 6.07) is 8.03. The Morgan fingerprint density at radius 3 is 2.53 bits per heavy atom. The van der Waals surface area contributed by atoms with Gasteiger partial charge < -0.3 is 0 Å². The second kappa shape index (κ2) is 4.76. The topological polar surface area (TPSA) is 21.6 Å². The Bertz CT molecular complexity index is 390. The molecule has 74 valence electrons. The second-order valence-corrected chi connectivity index (χ2v) is 4.94. The van der Waals surface area contributed by atoms with Crippen molar-refractivity contribution >= 4 is 26.4 Å². The van der Waals surface area contributed by atoms with Crippen LogP contribution in [0.5, 0.6) is 0 Å². The van der Waals surface area contributed by atoms with Crippen molar-refractivity contribution in [1.29, 1.82) is 0 Å². The second-order valence-electron chi connectivity index (χ2n) is 4.01. The molecule has 0 radical (unpaired) electrons. The molecule has 0 fully saturated rings. The minimum absolute atomic E-state index is 0. The molecule has 0 saturated heterocycles. The molecule has 0 bridgehead atoms. The Kier molecular flexibility index (Phi) is 4.09. The quantitative estimate of drug-likeness (QED) is 0.537. The SMILES string of the molecule is CC1(C)COC(c2ccccc2[Se-])=N1.[Li+]. The fraction of sp³-hybridized carbons (Fsp3) is 0.364. The van der Waals surface area contributed by atoms with Gasteiger partial charge in [-0.1, -0.05) is 0 Å². The van der Waals surface area contributed by atoms with E-state index in [9.17, 15) is 0 Å². The third kappa shape index (κ3) is 2.89. The van der Waals surface area contributed by atoms with Gasteiger partial charge in [0, 0.05) is 0 Å². The molecule has 2 rings (SSSR count). The molecule has 1 heterocycles. The van der Waals surface area contributed by atoms with E-state index in [-0.39, 0.29) is 24.4 Å². The summed E-state index contributed by atoms with van der Waals surface area (Å²) in [6.45, 7) is 4.81. The standard InChI is InChI=1S/C11H13NOSe.Li/c1-11(2)7-13-10(12-11)8-5-3-4-6-9(8)14;/h3-6,14H,7H2,1-2H3;/q;+1/p-1. The normalized spacial score (nSPS) is 17.6. The summed E-state index contributed by atoms with van der Waals surface area (Å²) in [6.07, 6.45) is 0. The van der Waals surface area contributed by atoms with Crippen LogP contribution in [0.25, 0.3) is 0 Å². The minimum atomic E-state index is -0.0857. The van der Waals surface area contributed by atoms with E-state index in [2.05, 4.69) is 34.9 Å². The third-order valence-corrected chi connectivity index (χ3v) is 2.83. The maximum absolute atomic E-state index is 5.57. The zero-order valence-electron chi connectivity index (χ0n) is 9.28. The van der Waals surface area contributed by atoms with Crippen molar-refractivity contribution < 1.29 is 23.6 Å². The van der Waals surface area contributed by atoms with Crippen LogP contribution >= 0.6 is 0 Å². The molecule has 1 aliphatic rings. The van der Waals surface area contributed by atoms with Crippen molar-refractivity contribution in [3.63, 3.8) is 0 Å². The number of aliphatic imine (C=N–C) groups is 1. The number of rotatable bonds is 1. The molecule has 0 unspecified atom stereocenters. The molecule has 15 heavy (non-hydrogen) atoms. The van der Waals surface area contributed by atoms with E-state index in [1.165, 1.54) is 0 Å². The Labute approximate surface area is 110 Å². The van der Waals surface area contributed by atoms with Crippen LogP contribution in [0.3, 0.4) is 0 Å². The van der Waals surface area contributed by atoms with Crippen LogP contribution < -0.4 is 23.3 Å². The summed E-state index contributed by atoms with van der Waals surface area (Å²) in [5, 5.41) is 0. The summed E-state index contributed by atoms with van der Waals surface area (Å²) >= 11 is 3.01. The monoisotopic (exact) mass is 261 g/mol. The van der Waals surface area contributed by atoms with Crippen molar-refractivity contribution in [2.24, 2.45) is 4.99 Å². The van der Waals surface area contributed by atoms with Gasteiger partial charge in [-0.25, -0.2) is 0 Å². The van der Waals surface area contributed by atoms with Crippen LogP contribution in [0.15, 0.2) is 29.3 Å². The number of hydrogen-bond acceptors (Lipinski definition) is 2. The van der Waals surface area contributed by atoms with E-state index in [0.29, 0.717) is 6.61 Å². The molecule has 0 spiro atoms. The van der Waals surface area contributed by atoms with Crippen molar-refractivity contribution in [2.75, 3.05) is 6.61 Å². The van der Waals surface area contributed by atoms with Crippen LogP contribution in [0.2, 0.25) is 0 Å². The van der Waals surface area contributed by atoms with Gasteiger partial charge in [0.15, 0.2) is 0 Å². The molecule has 0 aliphatic carbocycles. The summed E-state index contributed by atoms with van der Waals surface area (Å²) in [5.74, 6) is 0.754. The van der Waals surface area contributed by atoms with Gasteiger partial charge in [0.2, 0.25) is 0 Å². The predicted molar refractivity (Wildman–Crippen MR) is 58.4 cm³/mol.